The maximum absolute atomic E-state index is 5.40. The molecule has 1 fully saturated rings. The quantitative estimate of drug-likeness (QED) is 0.922. The van der Waals surface area contributed by atoms with Crippen LogP contribution < -0.4 is 5.73 Å². The first-order chi connectivity index (χ1) is 8.81. The van der Waals surface area contributed by atoms with Crippen LogP contribution >= 0.6 is 11.3 Å². The van der Waals surface area contributed by atoms with Gasteiger partial charge in [0.1, 0.15) is 0 Å². The second-order valence-electron chi connectivity index (χ2n) is 4.72. The molecule has 18 heavy (non-hydrogen) atoms. The van der Waals surface area contributed by atoms with Crippen LogP contribution in [0.25, 0.3) is 0 Å². The monoisotopic (exact) mass is 264 g/mol. The third-order valence-electron chi connectivity index (χ3n) is 3.34. The van der Waals surface area contributed by atoms with Crippen molar-refractivity contribution in [1.29, 1.82) is 0 Å². The molecule has 2 N–H and O–H groups in total. The SMILES string of the molecule is Nc1nnc(Cc2csc(C3CCCCC3)n2)o1. The van der Waals surface area contributed by atoms with Crippen LogP contribution in [0.3, 0.4) is 0 Å². The van der Waals surface area contributed by atoms with Crippen LogP contribution in [0.15, 0.2) is 9.80 Å². The van der Waals surface area contributed by atoms with Crippen LogP contribution in [-0.2, 0) is 6.42 Å². The Morgan fingerprint density at radius 1 is 1.28 bits per heavy atom. The molecule has 0 bridgehead atoms. The third kappa shape index (κ3) is 2.53. The lowest BCUT2D eigenvalue weighted by molar-refractivity contribution is 0.441. The van der Waals surface area contributed by atoms with Gasteiger partial charge in [-0.05, 0) is 12.8 Å². The van der Waals surface area contributed by atoms with Gasteiger partial charge in [0.15, 0.2) is 0 Å². The number of rotatable bonds is 3. The lowest BCUT2D eigenvalue weighted by Gasteiger charge is -2.18. The number of hydrogen-bond acceptors (Lipinski definition) is 6. The molecule has 1 saturated carbocycles. The number of nitrogens with two attached hydrogens (primary N) is 1. The fraction of sp³-hybridized carbons (Fsp3) is 0.583. The van der Waals surface area contributed by atoms with Gasteiger partial charge < -0.3 is 10.2 Å². The van der Waals surface area contributed by atoms with Crippen molar-refractivity contribution in [2.75, 3.05) is 5.73 Å². The smallest absolute Gasteiger partial charge is 0.312 e. The molecule has 0 amide bonds. The van der Waals surface area contributed by atoms with Gasteiger partial charge in [-0.25, -0.2) is 4.98 Å². The van der Waals surface area contributed by atoms with Crippen molar-refractivity contribution < 1.29 is 4.42 Å². The zero-order valence-corrected chi connectivity index (χ0v) is 10.9. The van der Waals surface area contributed by atoms with Crippen molar-refractivity contribution in [2.45, 2.75) is 44.4 Å². The molecule has 5 nitrogen and oxygen atoms in total. The summed E-state index contributed by atoms with van der Waals surface area (Å²) in [5, 5.41) is 10.9. The Hall–Kier alpha value is -1.43. The topological polar surface area (TPSA) is 77.8 Å². The van der Waals surface area contributed by atoms with Crippen LogP contribution in [-0.4, -0.2) is 15.2 Å². The molecule has 0 aromatic carbocycles. The fourth-order valence-electron chi connectivity index (χ4n) is 2.43. The van der Waals surface area contributed by atoms with Gasteiger partial charge in [-0.3, -0.25) is 0 Å². The van der Waals surface area contributed by atoms with Crippen LogP contribution in [0.1, 0.15) is 54.6 Å². The Bertz CT molecular complexity index is 516. The Morgan fingerprint density at radius 3 is 2.83 bits per heavy atom. The van der Waals surface area contributed by atoms with Crippen LogP contribution in [0, 0.1) is 0 Å². The summed E-state index contributed by atoms with van der Waals surface area (Å²) in [4.78, 5) is 4.69. The normalized spacial score (nSPS) is 17.1. The highest BCUT2D eigenvalue weighted by Crippen LogP contribution is 2.34. The predicted molar refractivity (Wildman–Crippen MR) is 69.5 cm³/mol. The summed E-state index contributed by atoms with van der Waals surface area (Å²) in [7, 11) is 0. The van der Waals surface area contributed by atoms with Gasteiger partial charge in [0.2, 0.25) is 5.89 Å². The van der Waals surface area contributed by atoms with Crippen LogP contribution in [0.4, 0.5) is 6.01 Å². The number of aromatic nitrogens is 3. The van der Waals surface area contributed by atoms with Gasteiger partial charge in [-0.15, -0.1) is 16.4 Å². The minimum absolute atomic E-state index is 0.118. The van der Waals surface area contributed by atoms with E-state index in [4.69, 9.17) is 10.2 Å². The number of thiazole rings is 1. The average molecular weight is 264 g/mol. The summed E-state index contributed by atoms with van der Waals surface area (Å²) in [5.74, 6) is 1.19. The summed E-state index contributed by atoms with van der Waals surface area (Å²) >= 11 is 1.75. The number of hydrogen-bond donors (Lipinski definition) is 1. The molecule has 1 aliphatic carbocycles. The van der Waals surface area contributed by atoms with Crippen molar-refractivity contribution in [2.24, 2.45) is 0 Å². The van der Waals surface area contributed by atoms with Crippen molar-refractivity contribution in [1.82, 2.24) is 15.2 Å². The highest BCUT2D eigenvalue weighted by molar-refractivity contribution is 7.09. The molecule has 2 aromatic heterocycles. The van der Waals surface area contributed by atoms with E-state index in [0.29, 0.717) is 18.2 Å². The van der Waals surface area contributed by atoms with Crippen LogP contribution in [0.2, 0.25) is 0 Å². The second-order valence-corrected chi connectivity index (χ2v) is 5.61. The summed E-state index contributed by atoms with van der Waals surface area (Å²) < 4.78 is 5.16. The van der Waals surface area contributed by atoms with Gasteiger partial charge in [0.25, 0.3) is 0 Å². The minimum Gasteiger partial charge on any atom is -0.408 e. The molecular weight excluding hydrogens is 248 g/mol. The molecule has 1 aliphatic rings. The van der Waals surface area contributed by atoms with E-state index < -0.39 is 0 Å². The molecule has 0 atom stereocenters. The fourth-order valence-corrected chi connectivity index (χ4v) is 3.42. The Kier molecular flexibility index (Phi) is 3.27. The molecule has 0 saturated heterocycles. The van der Waals surface area contributed by atoms with E-state index in [1.807, 2.05) is 0 Å². The van der Waals surface area contributed by atoms with Crippen molar-refractivity contribution in [3.8, 4) is 0 Å². The summed E-state index contributed by atoms with van der Waals surface area (Å²) in [6.07, 6.45) is 7.17. The molecule has 0 spiro atoms. The molecule has 6 heteroatoms. The summed E-state index contributed by atoms with van der Waals surface area (Å²) in [6, 6.07) is 0.118. The number of nitrogens with zero attached hydrogens (tertiary/aromatic N) is 3. The largest absolute Gasteiger partial charge is 0.408 e. The highest BCUT2D eigenvalue weighted by atomic mass is 32.1. The number of anilines is 1. The summed E-state index contributed by atoms with van der Waals surface area (Å²) in [6.45, 7) is 0. The number of nitrogen functional groups attached to an aromatic ring is 1. The molecule has 3 rings (SSSR count). The Morgan fingerprint density at radius 2 is 2.11 bits per heavy atom. The molecule has 2 heterocycles. The molecule has 2 aromatic rings. The summed E-state index contributed by atoms with van der Waals surface area (Å²) in [5.41, 5.74) is 6.40. The molecule has 0 radical (unpaired) electrons. The first-order valence-corrected chi connectivity index (χ1v) is 7.21. The molecule has 0 unspecified atom stereocenters. The van der Waals surface area contributed by atoms with E-state index in [1.54, 1.807) is 11.3 Å². The zero-order valence-electron chi connectivity index (χ0n) is 10.1. The minimum atomic E-state index is 0.118. The average Bonchev–Trinajstić information content (AvgIpc) is 3.01. The van der Waals surface area contributed by atoms with Crippen molar-refractivity contribution in [3.63, 3.8) is 0 Å². The highest BCUT2D eigenvalue weighted by Gasteiger charge is 2.19. The van der Waals surface area contributed by atoms with E-state index in [0.717, 1.165) is 5.69 Å². The molecular formula is C12H16N4OS. The molecule has 96 valence electrons. The first kappa shape index (κ1) is 11.6. The Labute approximate surface area is 109 Å². The van der Waals surface area contributed by atoms with Gasteiger partial charge in [0.05, 0.1) is 17.1 Å². The zero-order chi connectivity index (χ0) is 12.4. The Balaban J connectivity index is 1.69. The van der Waals surface area contributed by atoms with Crippen LogP contribution in [0.5, 0.6) is 0 Å². The van der Waals surface area contributed by atoms with Gasteiger partial charge >= 0.3 is 6.01 Å². The maximum Gasteiger partial charge on any atom is 0.312 e. The van der Waals surface area contributed by atoms with E-state index in [-0.39, 0.29) is 6.01 Å². The van der Waals surface area contributed by atoms with E-state index in [2.05, 4.69) is 20.6 Å². The van der Waals surface area contributed by atoms with Gasteiger partial charge in [-0.1, -0.05) is 24.4 Å². The van der Waals surface area contributed by atoms with Crippen molar-refractivity contribution in [3.05, 3.63) is 22.0 Å². The third-order valence-corrected chi connectivity index (χ3v) is 4.39. The predicted octanol–water partition coefficient (Wildman–Crippen LogP) is 2.75. The second kappa shape index (κ2) is 5.06. The van der Waals surface area contributed by atoms with E-state index in [9.17, 15) is 0 Å². The van der Waals surface area contributed by atoms with E-state index >= 15 is 0 Å². The first-order valence-electron chi connectivity index (χ1n) is 6.33. The van der Waals surface area contributed by atoms with Gasteiger partial charge in [-0.2, -0.15) is 0 Å². The lowest BCUT2D eigenvalue weighted by atomic mass is 9.90. The van der Waals surface area contributed by atoms with E-state index in [1.165, 1.54) is 37.1 Å². The van der Waals surface area contributed by atoms with Gasteiger partial charge in [0, 0.05) is 11.3 Å². The van der Waals surface area contributed by atoms with Crippen molar-refractivity contribution >= 4 is 17.4 Å². The maximum atomic E-state index is 5.40. The molecule has 0 aliphatic heterocycles. The lowest BCUT2D eigenvalue weighted by Crippen LogP contribution is -2.04. The standard InChI is InChI=1S/C12H16N4OS/c13-12-16-15-10(17-12)6-9-7-18-11(14-9)8-4-2-1-3-5-8/h7-8H,1-6H2,(H2,13,16).